The summed E-state index contributed by atoms with van der Waals surface area (Å²) in [6.07, 6.45) is 4.78. The molecule has 3 rings (SSSR count). The monoisotopic (exact) mass is 310 g/mol. The maximum absolute atomic E-state index is 12.2. The summed E-state index contributed by atoms with van der Waals surface area (Å²) in [4.78, 5) is 18.7. The van der Waals surface area contributed by atoms with Gasteiger partial charge in [-0.2, -0.15) is 5.26 Å². The number of carbonyl (C=O) groups is 1. The van der Waals surface area contributed by atoms with Crippen LogP contribution in [0.2, 0.25) is 0 Å². The molecule has 3 heterocycles. The van der Waals surface area contributed by atoms with Crippen LogP contribution in [0.4, 0.5) is 5.82 Å². The first-order valence-electron chi connectivity index (χ1n) is 7.67. The number of pyridine rings is 1. The highest BCUT2D eigenvalue weighted by Gasteiger charge is 2.25. The van der Waals surface area contributed by atoms with E-state index in [0.717, 1.165) is 37.5 Å². The van der Waals surface area contributed by atoms with E-state index < -0.39 is 0 Å². The minimum absolute atomic E-state index is 0.0274. The average molecular weight is 310 g/mol. The Morgan fingerprint density at radius 1 is 1.39 bits per heavy atom. The Labute approximate surface area is 134 Å². The van der Waals surface area contributed by atoms with Crippen LogP contribution in [0.15, 0.2) is 41.1 Å². The number of nitrogens with one attached hydrogen (secondary N) is 1. The van der Waals surface area contributed by atoms with Crippen LogP contribution in [0.5, 0.6) is 0 Å². The van der Waals surface area contributed by atoms with Crippen LogP contribution in [0, 0.1) is 17.2 Å². The standard InChI is InChI=1S/C17H18N4O2/c18-10-13-3-4-16(19-11-13)21-7-5-14(6-8-21)17(22)20-12-15-2-1-9-23-15/h1-4,9,11,14H,5-8,12H2,(H,20,22). The molecule has 23 heavy (non-hydrogen) atoms. The molecule has 0 aromatic carbocycles. The minimum Gasteiger partial charge on any atom is -0.467 e. The number of nitriles is 1. The first kappa shape index (κ1) is 15.1. The first-order valence-corrected chi connectivity index (χ1v) is 7.67. The summed E-state index contributed by atoms with van der Waals surface area (Å²) in [5, 5.41) is 11.7. The van der Waals surface area contributed by atoms with Gasteiger partial charge in [-0.1, -0.05) is 0 Å². The van der Waals surface area contributed by atoms with E-state index >= 15 is 0 Å². The molecular formula is C17H18N4O2. The number of hydrogen-bond donors (Lipinski definition) is 1. The molecule has 1 saturated heterocycles. The molecule has 6 nitrogen and oxygen atoms in total. The molecule has 2 aromatic rings. The summed E-state index contributed by atoms with van der Waals surface area (Å²) < 4.78 is 5.21. The molecule has 1 aliphatic rings. The highest BCUT2D eigenvalue weighted by Crippen LogP contribution is 2.22. The number of amides is 1. The van der Waals surface area contributed by atoms with E-state index in [-0.39, 0.29) is 11.8 Å². The van der Waals surface area contributed by atoms with E-state index in [0.29, 0.717) is 12.1 Å². The van der Waals surface area contributed by atoms with Crippen molar-refractivity contribution in [3.63, 3.8) is 0 Å². The molecule has 1 amide bonds. The topological polar surface area (TPSA) is 82.2 Å². The zero-order valence-corrected chi connectivity index (χ0v) is 12.7. The zero-order valence-electron chi connectivity index (χ0n) is 12.7. The van der Waals surface area contributed by atoms with Crippen molar-refractivity contribution in [2.75, 3.05) is 18.0 Å². The predicted molar refractivity (Wildman–Crippen MR) is 84.4 cm³/mol. The van der Waals surface area contributed by atoms with E-state index in [1.165, 1.54) is 0 Å². The van der Waals surface area contributed by atoms with Gasteiger partial charge in [-0.15, -0.1) is 0 Å². The van der Waals surface area contributed by atoms with Crippen molar-refractivity contribution in [1.82, 2.24) is 10.3 Å². The van der Waals surface area contributed by atoms with Gasteiger partial charge in [-0.3, -0.25) is 4.79 Å². The summed E-state index contributed by atoms with van der Waals surface area (Å²) in [6, 6.07) is 9.35. The van der Waals surface area contributed by atoms with Gasteiger partial charge in [-0.05, 0) is 37.1 Å². The van der Waals surface area contributed by atoms with Gasteiger partial charge in [0.2, 0.25) is 5.91 Å². The van der Waals surface area contributed by atoms with Crippen molar-refractivity contribution in [3.05, 3.63) is 48.0 Å². The molecule has 0 saturated carbocycles. The average Bonchev–Trinajstić information content (AvgIpc) is 3.13. The molecule has 0 unspecified atom stereocenters. The lowest BCUT2D eigenvalue weighted by atomic mass is 9.96. The quantitative estimate of drug-likeness (QED) is 0.935. The predicted octanol–water partition coefficient (Wildman–Crippen LogP) is 2.08. The van der Waals surface area contributed by atoms with Gasteiger partial charge < -0.3 is 14.6 Å². The van der Waals surface area contributed by atoms with Crippen molar-refractivity contribution >= 4 is 11.7 Å². The number of nitrogens with zero attached hydrogens (tertiary/aromatic N) is 3. The Kier molecular flexibility index (Phi) is 4.57. The Morgan fingerprint density at radius 2 is 2.22 bits per heavy atom. The Hall–Kier alpha value is -2.81. The zero-order chi connectivity index (χ0) is 16.1. The molecule has 0 spiro atoms. The van der Waals surface area contributed by atoms with Crippen LogP contribution in [-0.4, -0.2) is 24.0 Å². The molecule has 0 atom stereocenters. The molecule has 6 heteroatoms. The van der Waals surface area contributed by atoms with Crippen LogP contribution in [0.1, 0.15) is 24.2 Å². The van der Waals surface area contributed by atoms with Crippen molar-refractivity contribution in [3.8, 4) is 6.07 Å². The molecule has 1 fully saturated rings. The molecular weight excluding hydrogens is 292 g/mol. The summed E-state index contributed by atoms with van der Waals surface area (Å²) in [5.41, 5.74) is 0.556. The van der Waals surface area contributed by atoms with Crippen LogP contribution < -0.4 is 10.2 Å². The third-order valence-corrected chi connectivity index (χ3v) is 4.08. The number of piperidine rings is 1. The van der Waals surface area contributed by atoms with Gasteiger partial charge in [0.05, 0.1) is 18.4 Å². The van der Waals surface area contributed by atoms with E-state index in [4.69, 9.17) is 9.68 Å². The lowest BCUT2D eigenvalue weighted by Gasteiger charge is -2.32. The Morgan fingerprint density at radius 3 is 2.83 bits per heavy atom. The first-order chi connectivity index (χ1) is 11.3. The number of carbonyl (C=O) groups excluding carboxylic acids is 1. The van der Waals surface area contributed by atoms with Crippen molar-refractivity contribution in [2.45, 2.75) is 19.4 Å². The molecule has 1 aliphatic heterocycles. The molecule has 2 aromatic heterocycles. The van der Waals surface area contributed by atoms with Gasteiger partial charge in [0, 0.05) is 25.2 Å². The number of rotatable bonds is 4. The Balaban J connectivity index is 1.49. The number of anilines is 1. The van der Waals surface area contributed by atoms with Gasteiger partial charge in [0.25, 0.3) is 0 Å². The molecule has 0 aliphatic carbocycles. The largest absolute Gasteiger partial charge is 0.467 e. The van der Waals surface area contributed by atoms with Gasteiger partial charge in [0.1, 0.15) is 17.6 Å². The maximum Gasteiger partial charge on any atom is 0.223 e. The lowest BCUT2D eigenvalue weighted by molar-refractivity contribution is -0.125. The highest BCUT2D eigenvalue weighted by atomic mass is 16.3. The molecule has 0 radical (unpaired) electrons. The molecule has 118 valence electrons. The van der Waals surface area contributed by atoms with Crippen LogP contribution >= 0.6 is 0 Å². The van der Waals surface area contributed by atoms with E-state index in [1.54, 1.807) is 18.5 Å². The van der Waals surface area contributed by atoms with Gasteiger partial charge in [0.15, 0.2) is 0 Å². The smallest absolute Gasteiger partial charge is 0.223 e. The second kappa shape index (κ2) is 6.97. The van der Waals surface area contributed by atoms with Crippen molar-refractivity contribution in [2.24, 2.45) is 5.92 Å². The van der Waals surface area contributed by atoms with Crippen LogP contribution in [0.25, 0.3) is 0 Å². The summed E-state index contributed by atoms with van der Waals surface area (Å²) >= 11 is 0. The van der Waals surface area contributed by atoms with Crippen LogP contribution in [0.3, 0.4) is 0 Å². The molecule has 0 bridgehead atoms. The SMILES string of the molecule is N#Cc1ccc(N2CCC(C(=O)NCc3ccco3)CC2)nc1. The third kappa shape index (κ3) is 3.69. The third-order valence-electron chi connectivity index (χ3n) is 4.08. The minimum atomic E-state index is 0.0274. The maximum atomic E-state index is 12.2. The van der Waals surface area contributed by atoms with Crippen LogP contribution in [-0.2, 0) is 11.3 Å². The van der Waals surface area contributed by atoms with E-state index in [2.05, 4.69) is 21.3 Å². The summed E-state index contributed by atoms with van der Waals surface area (Å²) in [7, 11) is 0. The normalized spacial score (nSPS) is 15.2. The van der Waals surface area contributed by atoms with E-state index in [1.807, 2.05) is 18.2 Å². The second-order valence-electron chi connectivity index (χ2n) is 5.58. The summed E-state index contributed by atoms with van der Waals surface area (Å²) in [6.45, 7) is 2.01. The second-order valence-corrected chi connectivity index (χ2v) is 5.58. The number of furan rings is 1. The fourth-order valence-electron chi connectivity index (χ4n) is 2.74. The van der Waals surface area contributed by atoms with E-state index in [9.17, 15) is 4.79 Å². The van der Waals surface area contributed by atoms with Crippen molar-refractivity contribution < 1.29 is 9.21 Å². The lowest BCUT2D eigenvalue weighted by Crippen LogP contribution is -2.40. The fourth-order valence-corrected chi connectivity index (χ4v) is 2.74. The van der Waals surface area contributed by atoms with Gasteiger partial charge in [-0.25, -0.2) is 4.98 Å². The Bertz CT molecular complexity index is 680. The number of hydrogen-bond acceptors (Lipinski definition) is 5. The number of aromatic nitrogens is 1. The molecule has 1 N–H and O–H groups in total. The van der Waals surface area contributed by atoms with Crippen molar-refractivity contribution in [1.29, 1.82) is 5.26 Å². The van der Waals surface area contributed by atoms with Gasteiger partial charge >= 0.3 is 0 Å². The fraction of sp³-hybridized carbons (Fsp3) is 0.353. The summed E-state index contributed by atoms with van der Waals surface area (Å²) in [5.74, 6) is 1.73. The highest BCUT2D eigenvalue weighted by molar-refractivity contribution is 5.78.